The minimum absolute atomic E-state index is 0.0364. The van der Waals surface area contributed by atoms with E-state index in [4.69, 9.17) is 4.74 Å². The highest BCUT2D eigenvalue weighted by molar-refractivity contribution is 5.79. The van der Waals surface area contributed by atoms with Crippen LogP contribution in [0.2, 0.25) is 0 Å². The number of ether oxygens (including phenoxy) is 1. The fraction of sp³-hybridized carbons (Fsp3) is 0.700. The maximum Gasteiger partial charge on any atom is 0.225 e. The molecule has 1 fully saturated rings. The van der Waals surface area contributed by atoms with Crippen molar-refractivity contribution in [2.45, 2.75) is 26.4 Å². The maximum atomic E-state index is 11.5. The van der Waals surface area contributed by atoms with E-state index in [9.17, 15) is 4.79 Å². The van der Waals surface area contributed by atoms with Gasteiger partial charge in [-0.15, -0.1) is 0 Å². The van der Waals surface area contributed by atoms with Gasteiger partial charge in [-0.1, -0.05) is 12.2 Å². The number of rotatable bonds is 3. The summed E-state index contributed by atoms with van der Waals surface area (Å²) in [6.45, 7) is 8.74. The van der Waals surface area contributed by atoms with Crippen molar-refractivity contribution in [2.24, 2.45) is 5.92 Å². The molecule has 1 amide bonds. The second kappa shape index (κ2) is 4.42. The minimum atomic E-state index is 0.0364. The average Bonchev–Trinajstić information content (AvgIpc) is 2.47. The Kier molecular flexibility index (Phi) is 3.48. The molecule has 3 heteroatoms. The predicted octanol–water partition coefficient (Wildman–Crippen LogP) is 1.10. The van der Waals surface area contributed by atoms with E-state index in [2.05, 4.69) is 11.9 Å². The molecule has 0 spiro atoms. The molecule has 2 atom stereocenters. The molecule has 1 N–H and O–H groups in total. The first-order chi connectivity index (χ1) is 6.09. The Bertz CT molecular complexity index is 213. The summed E-state index contributed by atoms with van der Waals surface area (Å²) in [6.07, 6.45) is 1.06. The number of hydrogen-bond donors (Lipinski definition) is 1. The topological polar surface area (TPSA) is 38.3 Å². The quantitative estimate of drug-likeness (QED) is 0.665. The summed E-state index contributed by atoms with van der Waals surface area (Å²) in [5, 5.41) is 2.83. The molecule has 74 valence electrons. The van der Waals surface area contributed by atoms with Gasteiger partial charge in [0, 0.05) is 6.54 Å². The van der Waals surface area contributed by atoms with Gasteiger partial charge >= 0.3 is 0 Å². The number of carbonyl (C=O) groups excluding carboxylic acids is 1. The Morgan fingerprint density at radius 1 is 1.69 bits per heavy atom. The fourth-order valence-corrected chi connectivity index (χ4v) is 1.38. The molecule has 3 nitrogen and oxygen atoms in total. The number of hydrogen-bond acceptors (Lipinski definition) is 2. The molecule has 0 aromatic carbocycles. The average molecular weight is 183 g/mol. The van der Waals surface area contributed by atoms with Crippen molar-refractivity contribution in [2.75, 3.05) is 13.2 Å². The van der Waals surface area contributed by atoms with Crippen LogP contribution in [-0.2, 0) is 9.53 Å². The summed E-state index contributed by atoms with van der Waals surface area (Å²) >= 11 is 0. The zero-order valence-corrected chi connectivity index (χ0v) is 8.30. The van der Waals surface area contributed by atoms with Crippen LogP contribution in [-0.4, -0.2) is 25.2 Å². The Hall–Kier alpha value is -0.830. The van der Waals surface area contributed by atoms with Gasteiger partial charge in [-0.05, 0) is 20.3 Å². The van der Waals surface area contributed by atoms with E-state index in [1.54, 1.807) is 0 Å². The number of carbonyl (C=O) groups is 1. The van der Waals surface area contributed by atoms with Crippen LogP contribution < -0.4 is 5.32 Å². The van der Waals surface area contributed by atoms with Crippen molar-refractivity contribution in [1.29, 1.82) is 0 Å². The first-order valence-corrected chi connectivity index (χ1v) is 4.63. The van der Waals surface area contributed by atoms with Crippen LogP contribution in [0.25, 0.3) is 0 Å². The highest BCUT2D eigenvalue weighted by atomic mass is 16.5. The van der Waals surface area contributed by atoms with E-state index in [0.717, 1.165) is 12.0 Å². The molecule has 0 radical (unpaired) electrons. The molecule has 1 heterocycles. The summed E-state index contributed by atoms with van der Waals surface area (Å²) in [7, 11) is 0. The van der Waals surface area contributed by atoms with Gasteiger partial charge in [-0.3, -0.25) is 4.79 Å². The fourth-order valence-electron chi connectivity index (χ4n) is 1.38. The Balaban J connectivity index is 2.27. The SMILES string of the molecule is C=C(C)CNC(=O)C1COC(C)C1. The van der Waals surface area contributed by atoms with E-state index in [-0.39, 0.29) is 17.9 Å². The van der Waals surface area contributed by atoms with Crippen molar-refractivity contribution < 1.29 is 9.53 Å². The molecule has 13 heavy (non-hydrogen) atoms. The monoisotopic (exact) mass is 183 g/mol. The maximum absolute atomic E-state index is 11.5. The number of amides is 1. The first kappa shape index (κ1) is 10.3. The highest BCUT2D eigenvalue weighted by Gasteiger charge is 2.27. The van der Waals surface area contributed by atoms with Crippen LogP contribution in [0.4, 0.5) is 0 Å². The molecular weight excluding hydrogens is 166 g/mol. The summed E-state index contributed by atoms with van der Waals surface area (Å²) in [4.78, 5) is 11.5. The highest BCUT2D eigenvalue weighted by Crippen LogP contribution is 2.18. The second-order valence-electron chi connectivity index (χ2n) is 3.75. The minimum Gasteiger partial charge on any atom is -0.378 e. The molecule has 2 unspecified atom stereocenters. The lowest BCUT2D eigenvalue weighted by Crippen LogP contribution is -2.32. The van der Waals surface area contributed by atoms with Crippen molar-refractivity contribution >= 4 is 5.91 Å². The second-order valence-corrected chi connectivity index (χ2v) is 3.75. The standard InChI is InChI=1S/C10H17NO2/c1-7(2)5-11-10(12)9-4-8(3)13-6-9/h8-9H,1,4-6H2,2-3H3,(H,11,12). The lowest BCUT2D eigenvalue weighted by atomic mass is 10.1. The van der Waals surface area contributed by atoms with Gasteiger partial charge in [-0.25, -0.2) is 0 Å². The molecule has 1 rings (SSSR count). The molecule has 1 saturated heterocycles. The Labute approximate surface area is 79.2 Å². The number of nitrogens with one attached hydrogen (secondary N) is 1. The van der Waals surface area contributed by atoms with Crippen LogP contribution in [0, 0.1) is 5.92 Å². The van der Waals surface area contributed by atoms with Gasteiger partial charge in [0.05, 0.1) is 18.6 Å². The Morgan fingerprint density at radius 2 is 2.38 bits per heavy atom. The van der Waals surface area contributed by atoms with Crippen LogP contribution in [0.5, 0.6) is 0 Å². The third kappa shape index (κ3) is 3.19. The van der Waals surface area contributed by atoms with Gasteiger partial charge in [0.2, 0.25) is 5.91 Å². The lowest BCUT2D eigenvalue weighted by molar-refractivity contribution is -0.124. The summed E-state index contributed by atoms with van der Waals surface area (Å²) in [6, 6.07) is 0. The van der Waals surface area contributed by atoms with Crippen molar-refractivity contribution in [3.63, 3.8) is 0 Å². The third-order valence-electron chi connectivity index (χ3n) is 2.13. The summed E-state index contributed by atoms with van der Waals surface area (Å²) in [5.74, 6) is 0.127. The van der Waals surface area contributed by atoms with Crippen molar-refractivity contribution in [1.82, 2.24) is 5.32 Å². The molecular formula is C10H17NO2. The van der Waals surface area contributed by atoms with E-state index in [1.807, 2.05) is 13.8 Å². The lowest BCUT2D eigenvalue weighted by Gasteiger charge is -2.08. The van der Waals surface area contributed by atoms with E-state index in [1.165, 1.54) is 0 Å². The molecule has 1 aliphatic rings. The smallest absolute Gasteiger partial charge is 0.225 e. The molecule has 0 aromatic rings. The molecule has 0 bridgehead atoms. The molecule has 0 saturated carbocycles. The van der Waals surface area contributed by atoms with Crippen molar-refractivity contribution in [3.8, 4) is 0 Å². The largest absolute Gasteiger partial charge is 0.378 e. The van der Waals surface area contributed by atoms with Gasteiger partial charge in [-0.2, -0.15) is 0 Å². The van der Waals surface area contributed by atoms with Crippen LogP contribution in [0.1, 0.15) is 20.3 Å². The molecule has 0 aliphatic carbocycles. The molecule has 1 aliphatic heterocycles. The van der Waals surface area contributed by atoms with Crippen LogP contribution in [0.3, 0.4) is 0 Å². The first-order valence-electron chi connectivity index (χ1n) is 4.63. The van der Waals surface area contributed by atoms with Gasteiger partial charge in [0.15, 0.2) is 0 Å². The summed E-state index contributed by atoms with van der Waals surface area (Å²) < 4.78 is 5.31. The zero-order valence-electron chi connectivity index (χ0n) is 8.30. The van der Waals surface area contributed by atoms with E-state index in [0.29, 0.717) is 13.2 Å². The normalized spacial score (nSPS) is 27.2. The van der Waals surface area contributed by atoms with E-state index < -0.39 is 0 Å². The van der Waals surface area contributed by atoms with E-state index >= 15 is 0 Å². The Morgan fingerprint density at radius 3 is 2.85 bits per heavy atom. The van der Waals surface area contributed by atoms with Crippen LogP contribution >= 0.6 is 0 Å². The van der Waals surface area contributed by atoms with Gasteiger partial charge in [0.25, 0.3) is 0 Å². The predicted molar refractivity (Wildman–Crippen MR) is 51.3 cm³/mol. The zero-order chi connectivity index (χ0) is 9.84. The third-order valence-corrected chi connectivity index (χ3v) is 2.13. The van der Waals surface area contributed by atoms with Crippen LogP contribution in [0.15, 0.2) is 12.2 Å². The molecule has 0 aromatic heterocycles. The van der Waals surface area contributed by atoms with Gasteiger partial charge < -0.3 is 10.1 Å². The summed E-state index contributed by atoms with van der Waals surface area (Å²) in [5.41, 5.74) is 0.973. The van der Waals surface area contributed by atoms with Gasteiger partial charge in [0.1, 0.15) is 0 Å². The van der Waals surface area contributed by atoms with Crippen molar-refractivity contribution in [3.05, 3.63) is 12.2 Å².